The molecular weight excluding hydrogens is 229 g/mol. The number of amides is 2. The number of carboxylic acids is 1. The van der Waals surface area contributed by atoms with E-state index >= 15 is 0 Å². The summed E-state index contributed by atoms with van der Waals surface area (Å²) in [6, 6.07) is -0.807. The van der Waals surface area contributed by atoms with Crippen molar-refractivity contribution < 1.29 is 27.9 Å². The van der Waals surface area contributed by atoms with Crippen LogP contribution in [-0.2, 0) is 4.79 Å². The van der Waals surface area contributed by atoms with Gasteiger partial charge in [-0.15, -0.1) is 0 Å². The normalized spacial score (nSPS) is 16.8. The SMILES string of the molecule is O=C(O)CC1CN(C(=O)NCC(F)(F)F)C1. The lowest BCUT2D eigenvalue weighted by molar-refractivity contribution is -0.139. The number of hydrogen-bond donors (Lipinski definition) is 2. The maximum absolute atomic E-state index is 11.7. The van der Waals surface area contributed by atoms with Crippen LogP contribution in [0.5, 0.6) is 0 Å². The van der Waals surface area contributed by atoms with Crippen LogP contribution in [-0.4, -0.2) is 47.8 Å². The molecule has 0 aromatic rings. The zero-order valence-electron chi connectivity index (χ0n) is 8.25. The molecule has 1 fully saturated rings. The number of urea groups is 1. The van der Waals surface area contributed by atoms with Crippen molar-refractivity contribution >= 4 is 12.0 Å². The minimum absolute atomic E-state index is 0.0664. The van der Waals surface area contributed by atoms with Crippen LogP contribution < -0.4 is 5.32 Å². The molecule has 16 heavy (non-hydrogen) atoms. The molecule has 1 saturated heterocycles. The first kappa shape index (κ1) is 12.6. The van der Waals surface area contributed by atoms with Crippen molar-refractivity contribution in [2.75, 3.05) is 19.6 Å². The van der Waals surface area contributed by atoms with Crippen LogP contribution in [0.3, 0.4) is 0 Å². The first-order chi connectivity index (χ1) is 7.28. The average molecular weight is 240 g/mol. The highest BCUT2D eigenvalue weighted by molar-refractivity contribution is 5.75. The second kappa shape index (κ2) is 4.58. The Morgan fingerprint density at radius 2 is 1.94 bits per heavy atom. The summed E-state index contributed by atoms with van der Waals surface area (Å²) < 4.78 is 35.2. The summed E-state index contributed by atoms with van der Waals surface area (Å²) in [5.41, 5.74) is 0. The zero-order valence-corrected chi connectivity index (χ0v) is 8.25. The molecule has 0 aromatic heterocycles. The van der Waals surface area contributed by atoms with E-state index in [1.807, 2.05) is 0 Å². The zero-order chi connectivity index (χ0) is 12.3. The van der Waals surface area contributed by atoms with Gasteiger partial charge in [-0.2, -0.15) is 13.2 Å². The van der Waals surface area contributed by atoms with Crippen LogP contribution in [0.1, 0.15) is 6.42 Å². The summed E-state index contributed by atoms with van der Waals surface area (Å²) >= 11 is 0. The van der Waals surface area contributed by atoms with E-state index in [1.54, 1.807) is 5.32 Å². The molecular formula is C8H11F3N2O3. The van der Waals surface area contributed by atoms with E-state index in [-0.39, 0.29) is 25.4 Å². The highest BCUT2D eigenvalue weighted by Crippen LogP contribution is 2.19. The largest absolute Gasteiger partial charge is 0.481 e. The monoisotopic (exact) mass is 240 g/mol. The number of rotatable bonds is 3. The Hall–Kier alpha value is -1.47. The predicted octanol–water partition coefficient (Wildman–Crippen LogP) is 0.665. The van der Waals surface area contributed by atoms with Gasteiger partial charge in [-0.25, -0.2) is 4.79 Å². The molecule has 5 nitrogen and oxygen atoms in total. The van der Waals surface area contributed by atoms with Crippen LogP contribution >= 0.6 is 0 Å². The molecule has 1 rings (SSSR count). The first-order valence-corrected chi connectivity index (χ1v) is 4.59. The lowest BCUT2D eigenvalue weighted by Crippen LogP contribution is -2.55. The quantitative estimate of drug-likeness (QED) is 0.761. The molecule has 2 N–H and O–H groups in total. The predicted molar refractivity (Wildman–Crippen MR) is 46.8 cm³/mol. The van der Waals surface area contributed by atoms with E-state index in [1.165, 1.54) is 0 Å². The number of halogens is 3. The molecule has 0 spiro atoms. The summed E-state index contributed by atoms with van der Waals surface area (Å²) in [6.45, 7) is -0.988. The molecule has 0 unspecified atom stereocenters. The van der Waals surface area contributed by atoms with Crippen molar-refractivity contribution in [1.29, 1.82) is 0 Å². The average Bonchev–Trinajstić information content (AvgIpc) is 2.05. The van der Waals surface area contributed by atoms with Crippen molar-refractivity contribution in [1.82, 2.24) is 10.2 Å². The van der Waals surface area contributed by atoms with Gasteiger partial charge in [-0.1, -0.05) is 0 Å². The number of likely N-dealkylation sites (tertiary alicyclic amines) is 1. The van der Waals surface area contributed by atoms with Gasteiger partial charge in [0.2, 0.25) is 0 Å². The minimum Gasteiger partial charge on any atom is -0.481 e. The van der Waals surface area contributed by atoms with Gasteiger partial charge in [-0.05, 0) is 0 Å². The van der Waals surface area contributed by atoms with Gasteiger partial charge < -0.3 is 15.3 Å². The number of aliphatic carboxylic acids is 1. The van der Waals surface area contributed by atoms with Crippen LogP contribution in [0.2, 0.25) is 0 Å². The van der Waals surface area contributed by atoms with Crippen LogP contribution in [0.25, 0.3) is 0 Å². The Kier molecular flexibility index (Phi) is 3.61. The molecule has 1 heterocycles. The van der Waals surface area contributed by atoms with E-state index in [4.69, 9.17) is 5.11 Å². The second-order valence-electron chi connectivity index (χ2n) is 3.64. The second-order valence-corrected chi connectivity index (χ2v) is 3.64. The Labute approximate surface area is 89.2 Å². The molecule has 92 valence electrons. The number of carbonyl (C=O) groups excluding carboxylic acids is 1. The van der Waals surface area contributed by atoms with Gasteiger partial charge in [-0.3, -0.25) is 4.79 Å². The number of carbonyl (C=O) groups is 2. The molecule has 0 bridgehead atoms. The van der Waals surface area contributed by atoms with Gasteiger partial charge in [0, 0.05) is 19.0 Å². The van der Waals surface area contributed by atoms with Crippen LogP contribution in [0, 0.1) is 5.92 Å². The maximum atomic E-state index is 11.7. The molecule has 1 aliphatic heterocycles. The van der Waals surface area contributed by atoms with Gasteiger partial charge in [0.15, 0.2) is 0 Å². The van der Waals surface area contributed by atoms with Crippen molar-refractivity contribution in [3.8, 4) is 0 Å². The minimum atomic E-state index is -4.43. The molecule has 1 aliphatic rings. The Morgan fingerprint density at radius 3 is 2.38 bits per heavy atom. The van der Waals surface area contributed by atoms with Gasteiger partial charge in [0.25, 0.3) is 0 Å². The van der Waals surface area contributed by atoms with E-state index in [2.05, 4.69) is 0 Å². The number of nitrogens with one attached hydrogen (secondary N) is 1. The van der Waals surface area contributed by atoms with Gasteiger partial charge in [0.1, 0.15) is 6.54 Å². The van der Waals surface area contributed by atoms with Crippen molar-refractivity contribution in [2.45, 2.75) is 12.6 Å². The Morgan fingerprint density at radius 1 is 1.38 bits per heavy atom. The summed E-state index contributed by atoms with van der Waals surface area (Å²) in [5, 5.41) is 10.1. The number of hydrogen-bond acceptors (Lipinski definition) is 2. The summed E-state index contributed by atoms with van der Waals surface area (Å²) in [7, 11) is 0. The van der Waals surface area contributed by atoms with Gasteiger partial charge >= 0.3 is 18.2 Å². The van der Waals surface area contributed by atoms with E-state index in [0.29, 0.717) is 0 Å². The highest BCUT2D eigenvalue weighted by atomic mass is 19.4. The third kappa shape index (κ3) is 3.95. The van der Waals surface area contributed by atoms with Crippen molar-refractivity contribution in [3.05, 3.63) is 0 Å². The molecule has 8 heteroatoms. The van der Waals surface area contributed by atoms with E-state index in [0.717, 1.165) is 4.90 Å². The number of alkyl halides is 3. The molecule has 0 radical (unpaired) electrons. The fourth-order valence-electron chi connectivity index (χ4n) is 1.40. The molecule has 0 aliphatic carbocycles. The standard InChI is InChI=1S/C8H11F3N2O3/c9-8(10,11)4-12-7(16)13-2-5(3-13)1-6(14)15/h5H,1-4H2,(H,12,16)(H,14,15). The van der Waals surface area contributed by atoms with Crippen LogP contribution in [0.4, 0.5) is 18.0 Å². The maximum Gasteiger partial charge on any atom is 0.405 e. The molecule has 0 aromatic carbocycles. The molecule has 2 amide bonds. The van der Waals surface area contributed by atoms with Gasteiger partial charge in [0.05, 0.1) is 6.42 Å². The van der Waals surface area contributed by atoms with E-state index < -0.39 is 24.7 Å². The highest BCUT2D eigenvalue weighted by Gasteiger charge is 2.34. The van der Waals surface area contributed by atoms with Crippen molar-refractivity contribution in [2.24, 2.45) is 5.92 Å². The first-order valence-electron chi connectivity index (χ1n) is 4.59. The van der Waals surface area contributed by atoms with Crippen LogP contribution in [0.15, 0.2) is 0 Å². The fourth-order valence-corrected chi connectivity index (χ4v) is 1.40. The smallest absolute Gasteiger partial charge is 0.405 e. The number of carboxylic acid groups (broad SMARTS) is 1. The number of nitrogens with zero attached hydrogens (tertiary/aromatic N) is 1. The third-order valence-electron chi connectivity index (χ3n) is 2.15. The summed E-state index contributed by atoms with van der Waals surface area (Å²) in [6.07, 6.45) is -4.50. The summed E-state index contributed by atoms with van der Waals surface area (Å²) in [4.78, 5) is 22.5. The lowest BCUT2D eigenvalue weighted by Gasteiger charge is -2.38. The van der Waals surface area contributed by atoms with E-state index in [9.17, 15) is 22.8 Å². The third-order valence-corrected chi connectivity index (χ3v) is 2.15. The lowest BCUT2D eigenvalue weighted by atomic mass is 9.97. The molecule has 0 atom stereocenters. The topological polar surface area (TPSA) is 69.6 Å². The molecule has 0 saturated carbocycles. The Balaban J connectivity index is 2.19. The fraction of sp³-hybridized carbons (Fsp3) is 0.750. The summed E-state index contributed by atoms with van der Waals surface area (Å²) in [5.74, 6) is -1.13. The van der Waals surface area contributed by atoms with Crippen molar-refractivity contribution in [3.63, 3.8) is 0 Å². The Bertz CT molecular complexity index is 287.